The van der Waals surface area contributed by atoms with Crippen LogP contribution in [-0.4, -0.2) is 50.3 Å². The van der Waals surface area contributed by atoms with E-state index in [2.05, 4.69) is 0 Å². The lowest BCUT2D eigenvalue weighted by molar-refractivity contribution is -0.133. The molecule has 2 aromatic carbocycles. The van der Waals surface area contributed by atoms with E-state index in [4.69, 9.17) is 14.2 Å². The first-order valence-electron chi connectivity index (χ1n) is 8.70. The van der Waals surface area contributed by atoms with Gasteiger partial charge in [-0.2, -0.15) is 0 Å². The van der Waals surface area contributed by atoms with Crippen molar-refractivity contribution in [3.63, 3.8) is 0 Å². The molecule has 6 nitrogen and oxygen atoms in total. The molecule has 1 N–H and O–H groups in total. The number of rotatable bonds is 8. The molecule has 0 aliphatic heterocycles. The molecule has 27 heavy (non-hydrogen) atoms. The number of likely N-dealkylation sites (N-methyl/N-ethyl adjacent to an activating group) is 1. The maximum absolute atomic E-state index is 12.7. The number of carbonyl (C=O) groups excluding carboxylic acids is 1. The van der Waals surface area contributed by atoms with E-state index in [1.165, 1.54) is 21.3 Å². The maximum Gasteiger partial charge on any atom is 0.227 e. The highest BCUT2D eigenvalue weighted by Gasteiger charge is 2.24. The summed E-state index contributed by atoms with van der Waals surface area (Å²) in [4.78, 5) is 14.3. The van der Waals surface area contributed by atoms with Gasteiger partial charge in [-0.1, -0.05) is 30.3 Å². The SMILES string of the molecule is COc1cc(CC(=O)N(C)C(C)C(O)c2ccccc2)cc(OC)c1OC. The molecule has 0 fully saturated rings. The number of methoxy groups -OCH3 is 3. The van der Waals surface area contributed by atoms with Gasteiger partial charge in [-0.25, -0.2) is 0 Å². The number of aliphatic hydroxyl groups is 1. The van der Waals surface area contributed by atoms with Gasteiger partial charge in [-0.15, -0.1) is 0 Å². The minimum Gasteiger partial charge on any atom is -0.493 e. The number of nitrogens with zero attached hydrogens (tertiary/aromatic N) is 1. The van der Waals surface area contributed by atoms with Crippen molar-refractivity contribution in [2.75, 3.05) is 28.4 Å². The number of hydrogen-bond donors (Lipinski definition) is 1. The van der Waals surface area contributed by atoms with Crippen LogP contribution >= 0.6 is 0 Å². The Labute approximate surface area is 160 Å². The van der Waals surface area contributed by atoms with Gasteiger partial charge in [0, 0.05) is 7.05 Å². The van der Waals surface area contributed by atoms with Crippen LogP contribution in [0.15, 0.2) is 42.5 Å². The summed E-state index contributed by atoms with van der Waals surface area (Å²) in [5, 5.41) is 10.6. The highest BCUT2D eigenvalue weighted by molar-refractivity contribution is 5.79. The van der Waals surface area contributed by atoms with E-state index in [0.717, 1.165) is 11.1 Å². The molecule has 6 heteroatoms. The van der Waals surface area contributed by atoms with Crippen molar-refractivity contribution >= 4 is 5.91 Å². The number of carbonyl (C=O) groups is 1. The summed E-state index contributed by atoms with van der Waals surface area (Å²) in [6, 6.07) is 12.4. The zero-order valence-electron chi connectivity index (χ0n) is 16.4. The van der Waals surface area contributed by atoms with Crippen molar-refractivity contribution in [3.8, 4) is 17.2 Å². The molecular formula is C21H27NO5. The summed E-state index contributed by atoms with van der Waals surface area (Å²) in [5.74, 6) is 1.36. The first-order valence-corrected chi connectivity index (χ1v) is 8.70. The Morgan fingerprint density at radius 2 is 1.59 bits per heavy atom. The van der Waals surface area contributed by atoms with Gasteiger partial charge in [0.1, 0.15) is 0 Å². The van der Waals surface area contributed by atoms with Crippen LogP contribution in [0.3, 0.4) is 0 Å². The van der Waals surface area contributed by atoms with Crippen LogP contribution in [0, 0.1) is 0 Å². The van der Waals surface area contributed by atoms with Crippen LogP contribution in [0.5, 0.6) is 17.2 Å². The minimum absolute atomic E-state index is 0.119. The molecule has 0 aliphatic carbocycles. The lowest BCUT2D eigenvalue weighted by atomic mass is 10.0. The Morgan fingerprint density at radius 3 is 2.07 bits per heavy atom. The van der Waals surface area contributed by atoms with Crippen LogP contribution in [0.2, 0.25) is 0 Å². The molecule has 2 unspecified atom stereocenters. The second-order valence-electron chi connectivity index (χ2n) is 6.31. The van der Waals surface area contributed by atoms with E-state index in [9.17, 15) is 9.90 Å². The minimum atomic E-state index is -0.764. The van der Waals surface area contributed by atoms with E-state index in [1.807, 2.05) is 37.3 Å². The number of amides is 1. The molecule has 2 aromatic rings. The van der Waals surface area contributed by atoms with Crippen molar-refractivity contribution in [2.24, 2.45) is 0 Å². The molecule has 0 radical (unpaired) electrons. The Balaban J connectivity index is 2.16. The van der Waals surface area contributed by atoms with Crippen LogP contribution in [-0.2, 0) is 11.2 Å². The molecule has 0 heterocycles. The standard InChI is InChI=1S/C21H27NO5/c1-14(20(24)16-9-7-6-8-10-16)22(2)19(23)13-15-11-17(25-3)21(27-5)18(12-15)26-4/h6-12,14,20,24H,13H2,1-5H3. The zero-order chi connectivity index (χ0) is 20.0. The molecule has 0 saturated heterocycles. The first kappa shape index (κ1) is 20.6. The third-order valence-corrected chi connectivity index (χ3v) is 4.68. The fourth-order valence-corrected chi connectivity index (χ4v) is 2.90. The number of aliphatic hydroxyl groups excluding tert-OH is 1. The second kappa shape index (κ2) is 9.28. The number of ether oxygens (including phenoxy) is 3. The Hall–Kier alpha value is -2.73. The van der Waals surface area contributed by atoms with Crippen molar-refractivity contribution in [3.05, 3.63) is 53.6 Å². The van der Waals surface area contributed by atoms with Gasteiger partial charge < -0.3 is 24.2 Å². The van der Waals surface area contributed by atoms with Crippen molar-refractivity contribution in [1.82, 2.24) is 4.90 Å². The second-order valence-corrected chi connectivity index (χ2v) is 6.31. The molecule has 0 spiro atoms. The molecule has 2 atom stereocenters. The number of hydrogen-bond acceptors (Lipinski definition) is 5. The quantitative estimate of drug-likeness (QED) is 0.771. The van der Waals surface area contributed by atoms with E-state index < -0.39 is 6.10 Å². The summed E-state index contributed by atoms with van der Waals surface area (Å²) in [6.45, 7) is 1.82. The first-order chi connectivity index (χ1) is 12.9. The summed E-state index contributed by atoms with van der Waals surface area (Å²) in [6.07, 6.45) is -0.612. The lowest BCUT2D eigenvalue weighted by Gasteiger charge is -2.29. The Bertz CT molecular complexity index is 737. The molecule has 0 aliphatic rings. The predicted octanol–water partition coefficient (Wildman–Crippen LogP) is 2.84. The fourth-order valence-electron chi connectivity index (χ4n) is 2.90. The van der Waals surface area contributed by atoms with E-state index >= 15 is 0 Å². The van der Waals surface area contributed by atoms with Crippen molar-refractivity contribution in [2.45, 2.75) is 25.5 Å². The molecule has 146 valence electrons. The fraction of sp³-hybridized carbons (Fsp3) is 0.381. The molecular weight excluding hydrogens is 346 g/mol. The number of benzene rings is 2. The maximum atomic E-state index is 12.7. The summed E-state index contributed by atoms with van der Waals surface area (Å²) < 4.78 is 16.0. The van der Waals surface area contributed by atoms with E-state index in [-0.39, 0.29) is 18.4 Å². The highest BCUT2D eigenvalue weighted by atomic mass is 16.5. The van der Waals surface area contributed by atoms with Crippen molar-refractivity contribution < 1.29 is 24.1 Å². The Morgan fingerprint density at radius 1 is 1.04 bits per heavy atom. The molecule has 1 amide bonds. The summed E-state index contributed by atoms with van der Waals surface area (Å²) in [5.41, 5.74) is 1.51. The highest BCUT2D eigenvalue weighted by Crippen LogP contribution is 2.38. The average molecular weight is 373 g/mol. The third-order valence-electron chi connectivity index (χ3n) is 4.68. The van der Waals surface area contributed by atoms with Gasteiger partial charge >= 0.3 is 0 Å². The van der Waals surface area contributed by atoms with E-state index in [1.54, 1.807) is 24.1 Å². The van der Waals surface area contributed by atoms with Crippen LogP contribution in [0.4, 0.5) is 0 Å². The molecule has 0 bridgehead atoms. The summed E-state index contributed by atoms with van der Waals surface area (Å²) in [7, 11) is 6.30. The van der Waals surface area contributed by atoms with Gasteiger partial charge in [0.05, 0.1) is 39.9 Å². The van der Waals surface area contributed by atoms with Gasteiger partial charge in [-0.05, 0) is 30.2 Å². The Kier molecular flexibility index (Phi) is 7.07. The molecule has 2 rings (SSSR count). The lowest BCUT2D eigenvalue weighted by Crippen LogP contribution is -2.39. The van der Waals surface area contributed by atoms with Gasteiger partial charge in [0.2, 0.25) is 11.7 Å². The topological polar surface area (TPSA) is 68.2 Å². The van der Waals surface area contributed by atoms with Crippen LogP contribution in [0.25, 0.3) is 0 Å². The van der Waals surface area contributed by atoms with Gasteiger partial charge in [-0.3, -0.25) is 4.79 Å². The largest absolute Gasteiger partial charge is 0.493 e. The summed E-state index contributed by atoms with van der Waals surface area (Å²) >= 11 is 0. The monoisotopic (exact) mass is 373 g/mol. The van der Waals surface area contributed by atoms with Gasteiger partial charge in [0.15, 0.2) is 11.5 Å². The molecule has 0 aromatic heterocycles. The van der Waals surface area contributed by atoms with Gasteiger partial charge in [0.25, 0.3) is 0 Å². The predicted molar refractivity (Wildman–Crippen MR) is 103 cm³/mol. The van der Waals surface area contributed by atoms with E-state index in [0.29, 0.717) is 17.2 Å². The normalized spacial score (nSPS) is 12.8. The van der Waals surface area contributed by atoms with Crippen molar-refractivity contribution in [1.29, 1.82) is 0 Å². The zero-order valence-corrected chi connectivity index (χ0v) is 16.4. The average Bonchev–Trinajstić information content (AvgIpc) is 2.71. The molecule has 0 saturated carbocycles. The van der Waals surface area contributed by atoms with Crippen LogP contribution < -0.4 is 14.2 Å². The van der Waals surface area contributed by atoms with Crippen LogP contribution in [0.1, 0.15) is 24.2 Å². The third kappa shape index (κ3) is 4.71. The smallest absolute Gasteiger partial charge is 0.227 e.